The lowest BCUT2D eigenvalue weighted by atomic mass is 10.1. The Morgan fingerprint density at radius 3 is 2.22 bits per heavy atom. The van der Waals surface area contributed by atoms with E-state index in [0.717, 1.165) is 16.3 Å². The van der Waals surface area contributed by atoms with Crippen molar-refractivity contribution in [1.82, 2.24) is 4.31 Å². The summed E-state index contributed by atoms with van der Waals surface area (Å²) in [5.41, 5.74) is 0.832. The van der Waals surface area contributed by atoms with Crippen molar-refractivity contribution in [2.24, 2.45) is 0 Å². The quantitative estimate of drug-likeness (QED) is 0.615. The lowest BCUT2D eigenvalue weighted by Crippen LogP contribution is -2.30. The Bertz CT molecular complexity index is 1050. The highest BCUT2D eigenvalue weighted by molar-refractivity contribution is 7.89. The van der Waals surface area contributed by atoms with Gasteiger partial charge in [-0.25, -0.2) is 8.42 Å². The van der Waals surface area contributed by atoms with Crippen LogP contribution in [-0.4, -0.2) is 33.5 Å². The van der Waals surface area contributed by atoms with E-state index in [-0.39, 0.29) is 6.54 Å². The van der Waals surface area contributed by atoms with Crippen LogP contribution in [0.2, 0.25) is 0 Å². The summed E-state index contributed by atoms with van der Waals surface area (Å²) in [7, 11) is -0.485. The Balaban J connectivity index is 1.93. The van der Waals surface area contributed by atoms with Crippen LogP contribution in [-0.2, 0) is 16.6 Å². The van der Waals surface area contributed by atoms with Gasteiger partial charge >= 0.3 is 0 Å². The van der Waals surface area contributed by atoms with Gasteiger partial charge in [-0.05, 0) is 40.6 Å². The molecule has 0 saturated carbocycles. The number of benzene rings is 3. The van der Waals surface area contributed by atoms with Crippen molar-refractivity contribution in [3.63, 3.8) is 0 Å². The van der Waals surface area contributed by atoms with Gasteiger partial charge in [-0.2, -0.15) is 4.31 Å². The van der Waals surface area contributed by atoms with Crippen molar-refractivity contribution in [3.8, 4) is 11.5 Å². The standard InChI is InChI=1S/C21H23NO4S/c1-4-22(15-16-9-12-20(25-2)21(13-16)26-3)27(23,24)19-11-10-17-7-5-6-8-18(17)14-19/h5-14H,4,15H2,1-3H3. The molecule has 0 spiro atoms. The Hall–Kier alpha value is -2.57. The number of sulfonamides is 1. The second-order valence-electron chi connectivity index (χ2n) is 6.13. The van der Waals surface area contributed by atoms with E-state index in [1.54, 1.807) is 38.5 Å². The summed E-state index contributed by atoms with van der Waals surface area (Å²) in [4.78, 5) is 0.295. The van der Waals surface area contributed by atoms with Gasteiger partial charge in [0.15, 0.2) is 11.5 Å². The lowest BCUT2D eigenvalue weighted by Gasteiger charge is -2.21. The lowest BCUT2D eigenvalue weighted by molar-refractivity contribution is 0.353. The minimum absolute atomic E-state index is 0.256. The van der Waals surface area contributed by atoms with Gasteiger partial charge in [0.2, 0.25) is 10.0 Å². The molecule has 6 heteroatoms. The monoisotopic (exact) mass is 385 g/mol. The molecule has 0 fully saturated rings. The molecule has 27 heavy (non-hydrogen) atoms. The molecule has 0 atom stereocenters. The predicted octanol–water partition coefficient (Wildman–Crippen LogP) is 4.07. The molecule has 0 aliphatic carbocycles. The van der Waals surface area contributed by atoms with E-state index >= 15 is 0 Å². The number of methoxy groups -OCH3 is 2. The fourth-order valence-corrected chi connectivity index (χ4v) is 4.50. The van der Waals surface area contributed by atoms with E-state index in [4.69, 9.17) is 9.47 Å². The highest BCUT2D eigenvalue weighted by Gasteiger charge is 2.24. The van der Waals surface area contributed by atoms with Crippen LogP contribution in [0, 0.1) is 0 Å². The van der Waals surface area contributed by atoms with E-state index in [1.807, 2.05) is 43.3 Å². The molecule has 0 aliphatic rings. The van der Waals surface area contributed by atoms with Gasteiger partial charge < -0.3 is 9.47 Å². The third-order valence-corrected chi connectivity index (χ3v) is 6.44. The second-order valence-corrected chi connectivity index (χ2v) is 8.07. The molecule has 142 valence electrons. The van der Waals surface area contributed by atoms with Crippen LogP contribution >= 0.6 is 0 Å². The van der Waals surface area contributed by atoms with Crippen molar-refractivity contribution < 1.29 is 17.9 Å². The molecule has 0 heterocycles. The smallest absolute Gasteiger partial charge is 0.243 e. The summed E-state index contributed by atoms with van der Waals surface area (Å²) in [5, 5.41) is 1.92. The molecule has 0 unspecified atom stereocenters. The first kappa shape index (κ1) is 19.2. The second kappa shape index (κ2) is 7.98. The third kappa shape index (κ3) is 3.91. The summed E-state index contributed by atoms with van der Waals surface area (Å²) in [6.07, 6.45) is 0. The van der Waals surface area contributed by atoms with E-state index in [9.17, 15) is 8.42 Å². The number of rotatable bonds is 7. The topological polar surface area (TPSA) is 55.8 Å². The van der Waals surface area contributed by atoms with Gasteiger partial charge in [0.1, 0.15) is 0 Å². The van der Waals surface area contributed by atoms with Crippen molar-refractivity contribution in [3.05, 3.63) is 66.2 Å². The number of nitrogens with zero attached hydrogens (tertiary/aromatic N) is 1. The summed E-state index contributed by atoms with van der Waals surface area (Å²) in [5.74, 6) is 1.19. The van der Waals surface area contributed by atoms with Gasteiger partial charge in [0.05, 0.1) is 19.1 Å². The zero-order chi connectivity index (χ0) is 19.4. The number of fused-ring (bicyclic) bond motifs is 1. The summed E-state index contributed by atoms with van der Waals surface area (Å²) in [6, 6.07) is 18.4. The molecule has 0 saturated heterocycles. The molecule has 0 radical (unpaired) electrons. The van der Waals surface area contributed by atoms with Gasteiger partial charge in [-0.1, -0.05) is 43.3 Å². The molecule has 0 N–H and O–H groups in total. The molecule has 5 nitrogen and oxygen atoms in total. The molecule has 0 bridgehead atoms. The van der Waals surface area contributed by atoms with Crippen molar-refractivity contribution in [1.29, 1.82) is 0 Å². The zero-order valence-corrected chi connectivity index (χ0v) is 16.5. The summed E-state index contributed by atoms with van der Waals surface area (Å²) in [6.45, 7) is 2.45. The zero-order valence-electron chi connectivity index (χ0n) is 15.7. The number of ether oxygens (including phenoxy) is 2. The van der Waals surface area contributed by atoms with Gasteiger partial charge in [0.25, 0.3) is 0 Å². The van der Waals surface area contributed by atoms with Gasteiger partial charge in [0, 0.05) is 13.1 Å². The Labute approximate surface area is 160 Å². The largest absolute Gasteiger partial charge is 0.493 e. The maximum atomic E-state index is 13.2. The van der Waals surface area contributed by atoms with Crippen molar-refractivity contribution in [2.75, 3.05) is 20.8 Å². The van der Waals surface area contributed by atoms with Crippen LogP contribution in [0.1, 0.15) is 12.5 Å². The first-order valence-electron chi connectivity index (χ1n) is 8.69. The summed E-state index contributed by atoms with van der Waals surface area (Å²) < 4.78 is 38.3. The van der Waals surface area contributed by atoms with Gasteiger partial charge in [-0.15, -0.1) is 0 Å². The predicted molar refractivity (Wildman–Crippen MR) is 107 cm³/mol. The normalized spacial score (nSPS) is 11.7. The molecule has 0 aromatic heterocycles. The molecular formula is C21H23NO4S. The Morgan fingerprint density at radius 1 is 0.852 bits per heavy atom. The van der Waals surface area contributed by atoms with Crippen LogP contribution in [0.4, 0.5) is 0 Å². The van der Waals surface area contributed by atoms with Crippen LogP contribution in [0.25, 0.3) is 10.8 Å². The minimum Gasteiger partial charge on any atom is -0.493 e. The van der Waals surface area contributed by atoms with Gasteiger partial charge in [-0.3, -0.25) is 0 Å². The maximum absolute atomic E-state index is 13.2. The van der Waals surface area contributed by atoms with Crippen LogP contribution in [0.3, 0.4) is 0 Å². The molecular weight excluding hydrogens is 362 g/mol. The van der Waals surface area contributed by atoms with Crippen molar-refractivity contribution >= 4 is 20.8 Å². The molecule has 3 aromatic carbocycles. The van der Waals surface area contributed by atoms with Crippen LogP contribution in [0.15, 0.2) is 65.6 Å². The summed E-state index contributed by atoms with van der Waals surface area (Å²) >= 11 is 0. The number of hydrogen-bond acceptors (Lipinski definition) is 4. The Morgan fingerprint density at radius 2 is 1.56 bits per heavy atom. The van der Waals surface area contributed by atoms with E-state index in [1.165, 1.54) is 4.31 Å². The van der Waals surface area contributed by atoms with Crippen LogP contribution < -0.4 is 9.47 Å². The highest BCUT2D eigenvalue weighted by Crippen LogP contribution is 2.29. The van der Waals surface area contributed by atoms with Crippen molar-refractivity contribution in [2.45, 2.75) is 18.4 Å². The van der Waals surface area contributed by atoms with E-state index in [0.29, 0.717) is 22.9 Å². The van der Waals surface area contributed by atoms with E-state index in [2.05, 4.69) is 0 Å². The number of hydrogen-bond donors (Lipinski definition) is 0. The first-order chi connectivity index (χ1) is 13.0. The molecule has 0 amide bonds. The average Bonchev–Trinajstić information content (AvgIpc) is 2.71. The SMILES string of the molecule is CCN(Cc1ccc(OC)c(OC)c1)S(=O)(=O)c1ccc2ccccc2c1. The molecule has 0 aliphatic heterocycles. The minimum atomic E-state index is -3.61. The average molecular weight is 385 g/mol. The molecule has 3 rings (SSSR count). The third-order valence-electron chi connectivity index (χ3n) is 4.52. The fourth-order valence-electron chi connectivity index (χ4n) is 3.03. The highest BCUT2D eigenvalue weighted by atomic mass is 32.2. The van der Waals surface area contributed by atoms with E-state index < -0.39 is 10.0 Å². The first-order valence-corrected chi connectivity index (χ1v) is 10.1. The molecule has 3 aromatic rings. The van der Waals surface area contributed by atoms with Crippen LogP contribution in [0.5, 0.6) is 11.5 Å². The fraction of sp³-hybridized carbons (Fsp3) is 0.238. The Kier molecular flexibility index (Phi) is 5.68. The maximum Gasteiger partial charge on any atom is 0.243 e.